The third-order valence-corrected chi connectivity index (χ3v) is 10.9. The lowest BCUT2D eigenvalue weighted by Crippen LogP contribution is -2.48. The Kier molecular flexibility index (Phi) is 5.71. The molecule has 36 heavy (non-hydrogen) atoms. The molecule has 2 aromatic carbocycles. The quantitative estimate of drug-likeness (QED) is 0.430. The zero-order valence-electron chi connectivity index (χ0n) is 22.5. The molecule has 0 bridgehead atoms. The Morgan fingerprint density at radius 2 is 1.17 bits per heavy atom. The predicted molar refractivity (Wildman–Crippen MR) is 151 cm³/mol. The lowest BCUT2D eigenvalue weighted by molar-refractivity contribution is 0.215. The second kappa shape index (κ2) is 8.96. The number of nitrogens with zero attached hydrogens (tertiary/aromatic N) is 2. The minimum Gasteiger partial charge on any atom is -0.322 e. The maximum atomic E-state index is 2.93. The number of fused-ring (bicyclic) bond motifs is 3. The summed E-state index contributed by atoms with van der Waals surface area (Å²) in [6, 6.07) is 18.9. The zero-order valence-corrected chi connectivity index (χ0v) is 22.5. The average Bonchev–Trinajstić information content (AvgIpc) is 3.71. The normalized spacial score (nSPS) is 26.8. The van der Waals surface area contributed by atoms with Gasteiger partial charge >= 0.3 is 0 Å². The number of hydrogen-bond acceptors (Lipinski definition) is 2. The van der Waals surface area contributed by atoms with E-state index in [9.17, 15) is 0 Å². The van der Waals surface area contributed by atoms with Crippen LogP contribution in [0.1, 0.15) is 102 Å². The Bertz CT molecular complexity index is 1130. The fraction of sp³-hybridized carbons (Fsp3) is 0.588. The van der Waals surface area contributed by atoms with Crippen LogP contribution in [0.5, 0.6) is 0 Å². The summed E-state index contributed by atoms with van der Waals surface area (Å²) in [6.45, 7) is 4.83. The molecule has 3 fully saturated rings. The number of allylic oxidation sites excluding steroid dienone is 2. The molecule has 3 saturated carbocycles. The van der Waals surface area contributed by atoms with Crippen LogP contribution in [0.4, 0.5) is 11.4 Å². The molecule has 3 aliphatic carbocycles. The lowest BCUT2D eigenvalue weighted by atomic mass is 9.60. The van der Waals surface area contributed by atoms with Gasteiger partial charge in [-0.25, -0.2) is 0 Å². The van der Waals surface area contributed by atoms with E-state index in [1.54, 1.807) is 22.6 Å². The predicted octanol–water partition coefficient (Wildman–Crippen LogP) is 9.09. The molecule has 2 aliphatic heterocycles. The summed E-state index contributed by atoms with van der Waals surface area (Å²) < 4.78 is 0. The fourth-order valence-corrected chi connectivity index (χ4v) is 9.59. The first-order chi connectivity index (χ1) is 17.7. The van der Waals surface area contributed by atoms with Crippen LogP contribution in [0.25, 0.3) is 0 Å². The summed E-state index contributed by atoms with van der Waals surface area (Å²) in [5.74, 6) is 2.31. The highest BCUT2D eigenvalue weighted by Crippen LogP contribution is 2.66. The van der Waals surface area contributed by atoms with E-state index in [2.05, 4.69) is 72.2 Å². The monoisotopic (exact) mass is 480 g/mol. The molecule has 1 unspecified atom stereocenters. The topological polar surface area (TPSA) is 6.48 Å². The van der Waals surface area contributed by atoms with Gasteiger partial charge in [-0.05, 0) is 93.4 Å². The number of hydrogen-bond donors (Lipinski definition) is 0. The number of para-hydroxylation sites is 2. The van der Waals surface area contributed by atoms with Crippen LogP contribution in [-0.2, 0) is 5.41 Å². The van der Waals surface area contributed by atoms with Gasteiger partial charge in [-0.1, -0.05) is 81.3 Å². The van der Waals surface area contributed by atoms with Crippen LogP contribution in [0.2, 0.25) is 0 Å². The average molecular weight is 481 g/mol. The van der Waals surface area contributed by atoms with Gasteiger partial charge in [0.2, 0.25) is 0 Å². The number of rotatable bonds is 4. The zero-order chi connectivity index (χ0) is 24.3. The van der Waals surface area contributed by atoms with Gasteiger partial charge in [0, 0.05) is 22.5 Å². The molecule has 1 atom stereocenters. The second-order valence-electron chi connectivity index (χ2n) is 12.6. The van der Waals surface area contributed by atoms with E-state index < -0.39 is 0 Å². The first-order valence-electron chi connectivity index (χ1n) is 15.2. The summed E-state index contributed by atoms with van der Waals surface area (Å²) in [5, 5.41) is 0. The Hall–Kier alpha value is -2.22. The molecular weight excluding hydrogens is 436 g/mol. The van der Waals surface area contributed by atoms with Crippen molar-refractivity contribution in [3.8, 4) is 0 Å². The van der Waals surface area contributed by atoms with Gasteiger partial charge in [0.05, 0.1) is 5.70 Å². The maximum Gasteiger partial charge on any atom is 0.113 e. The molecule has 0 saturated heterocycles. The van der Waals surface area contributed by atoms with Crippen molar-refractivity contribution in [2.24, 2.45) is 17.8 Å². The summed E-state index contributed by atoms with van der Waals surface area (Å²) in [4.78, 5) is 5.76. The second-order valence-corrected chi connectivity index (χ2v) is 12.6. The molecule has 0 spiro atoms. The number of anilines is 2. The molecule has 2 heteroatoms. The van der Waals surface area contributed by atoms with Gasteiger partial charge in [-0.3, -0.25) is 0 Å². The molecule has 0 radical (unpaired) electrons. The van der Waals surface area contributed by atoms with Gasteiger partial charge < -0.3 is 9.80 Å². The highest BCUT2D eigenvalue weighted by Gasteiger charge is 2.62. The van der Waals surface area contributed by atoms with E-state index in [1.165, 1.54) is 94.7 Å². The van der Waals surface area contributed by atoms with Crippen LogP contribution in [0.15, 0.2) is 59.9 Å². The van der Waals surface area contributed by atoms with Gasteiger partial charge in [-0.15, -0.1) is 0 Å². The van der Waals surface area contributed by atoms with Crippen molar-refractivity contribution >= 4 is 11.4 Å². The van der Waals surface area contributed by atoms with E-state index >= 15 is 0 Å². The third-order valence-electron chi connectivity index (χ3n) is 10.9. The molecule has 2 nitrogen and oxygen atoms in total. The molecule has 7 rings (SSSR count). The van der Waals surface area contributed by atoms with Crippen molar-refractivity contribution in [3.05, 3.63) is 71.1 Å². The van der Waals surface area contributed by atoms with E-state index in [4.69, 9.17) is 0 Å². The SMILES string of the molecule is CC1=C2N(c3ccccc3C2(C2CCCC2)C2CCCC2)C(C2CCCCC2)N1c1ccccc1C. The third kappa shape index (κ3) is 3.15. The van der Waals surface area contributed by atoms with E-state index in [0.29, 0.717) is 6.17 Å². The molecule has 5 aliphatic rings. The minimum absolute atomic E-state index is 0.206. The summed E-state index contributed by atoms with van der Waals surface area (Å²) in [5.41, 5.74) is 9.60. The number of aryl methyl sites for hydroxylation is 1. The standard InChI is InChI=1S/C34H44N2/c1-24-14-6-12-22-30(24)35-25(2)32-34(27-17-7-8-18-27,28-19-9-10-20-28)29-21-11-13-23-31(29)36(32)33(35)26-15-4-3-5-16-26/h6,11-14,21-23,26-28,33H,3-5,7-10,15-20H2,1-2H3. The van der Waals surface area contributed by atoms with Crippen molar-refractivity contribution in [1.29, 1.82) is 0 Å². The summed E-state index contributed by atoms with van der Waals surface area (Å²) >= 11 is 0. The molecule has 2 aromatic rings. The van der Waals surface area contributed by atoms with Crippen LogP contribution < -0.4 is 9.80 Å². The van der Waals surface area contributed by atoms with E-state index in [1.807, 2.05) is 0 Å². The molecule has 190 valence electrons. The minimum atomic E-state index is 0.206. The number of benzene rings is 2. The first kappa shape index (κ1) is 22.9. The van der Waals surface area contributed by atoms with Crippen LogP contribution >= 0.6 is 0 Å². The molecule has 0 aromatic heterocycles. The molecular formula is C34H44N2. The van der Waals surface area contributed by atoms with Crippen molar-refractivity contribution in [3.63, 3.8) is 0 Å². The highest BCUT2D eigenvalue weighted by atomic mass is 15.4. The maximum absolute atomic E-state index is 2.93. The lowest BCUT2D eigenvalue weighted by Gasteiger charge is -2.43. The Morgan fingerprint density at radius 1 is 0.611 bits per heavy atom. The van der Waals surface area contributed by atoms with Gasteiger partial charge in [-0.2, -0.15) is 0 Å². The van der Waals surface area contributed by atoms with Gasteiger partial charge in [0.25, 0.3) is 0 Å². The first-order valence-corrected chi connectivity index (χ1v) is 15.2. The Labute approximate surface area is 218 Å². The molecule has 0 amide bonds. The Balaban J connectivity index is 1.49. The van der Waals surface area contributed by atoms with Crippen molar-refractivity contribution in [2.45, 2.75) is 109 Å². The smallest absolute Gasteiger partial charge is 0.113 e. The largest absolute Gasteiger partial charge is 0.322 e. The van der Waals surface area contributed by atoms with Crippen molar-refractivity contribution in [1.82, 2.24) is 0 Å². The highest BCUT2D eigenvalue weighted by molar-refractivity contribution is 5.79. The van der Waals surface area contributed by atoms with Crippen LogP contribution in [0.3, 0.4) is 0 Å². The van der Waals surface area contributed by atoms with Gasteiger partial charge in [0.1, 0.15) is 6.17 Å². The van der Waals surface area contributed by atoms with Crippen LogP contribution in [-0.4, -0.2) is 6.17 Å². The van der Waals surface area contributed by atoms with Gasteiger partial charge in [0.15, 0.2) is 0 Å². The van der Waals surface area contributed by atoms with Crippen molar-refractivity contribution in [2.75, 3.05) is 9.80 Å². The Morgan fingerprint density at radius 3 is 1.81 bits per heavy atom. The molecule has 2 heterocycles. The molecule has 0 N–H and O–H groups in total. The van der Waals surface area contributed by atoms with E-state index in [0.717, 1.165) is 17.8 Å². The fourth-order valence-electron chi connectivity index (χ4n) is 9.59. The van der Waals surface area contributed by atoms with E-state index in [-0.39, 0.29) is 5.41 Å². The van der Waals surface area contributed by atoms with Crippen LogP contribution in [0, 0.1) is 24.7 Å². The van der Waals surface area contributed by atoms with Crippen molar-refractivity contribution < 1.29 is 0 Å². The summed E-state index contributed by atoms with van der Waals surface area (Å²) in [6.07, 6.45) is 18.7. The summed E-state index contributed by atoms with van der Waals surface area (Å²) in [7, 11) is 0.